The minimum Gasteiger partial charge on any atom is -0.366 e. The van der Waals surface area contributed by atoms with Gasteiger partial charge in [-0.1, -0.05) is 34.1 Å². The first-order valence-electron chi connectivity index (χ1n) is 8.09. The van der Waals surface area contributed by atoms with Crippen molar-refractivity contribution in [2.45, 2.75) is 18.9 Å². The summed E-state index contributed by atoms with van der Waals surface area (Å²) in [4.78, 5) is 25.2. The summed E-state index contributed by atoms with van der Waals surface area (Å²) in [6.07, 6.45) is 1.51. The average Bonchev–Trinajstić information content (AvgIpc) is 2.63. The molecule has 0 aliphatic carbocycles. The number of nitro groups is 1. The van der Waals surface area contributed by atoms with E-state index >= 15 is 0 Å². The van der Waals surface area contributed by atoms with Gasteiger partial charge in [0.05, 0.1) is 4.92 Å². The van der Waals surface area contributed by atoms with Gasteiger partial charge >= 0.3 is 0 Å². The number of hydrogen-bond acceptors (Lipinski definition) is 4. The van der Waals surface area contributed by atoms with Crippen LogP contribution in [0.3, 0.4) is 0 Å². The van der Waals surface area contributed by atoms with Gasteiger partial charge in [0.25, 0.3) is 11.6 Å². The fraction of sp³-hybridized carbons (Fsp3) is 0.278. The van der Waals surface area contributed by atoms with Crippen LogP contribution < -0.4 is 10.2 Å². The van der Waals surface area contributed by atoms with E-state index in [9.17, 15) is 14.9 Å². The number of halogens is 1. The maximum Gasteiger partial charge on any atom is 0.293 e. The van der Waals surface area contributed by atoms with Crippen LogP contribution in [0.4, 0.5) is 11.4 Å². The molecule has 0 aromatic heterocycles. The Labute approximate surface area is 154 Å². The molecule has 1 amide bonds. The highest BCUT2D eigenvalue weighted by molar-refractivity contribution is 9.10. The molecule has 0 unspecified atom stereocenters. The van der Waals surface area contributed by atoms with Gasteiger partial charge in [-0.15, -0.1) is 0 Å². The van der Waals surface area contributed by atoms with E-state index in [2.05, 4.69) is 21.2 Å². The maximum absolute atomic E-state index is 12.2. The number of anilines is 1. The third-order valence-electron chi connectivity index (χ3n) is 4.34. The molecule has 1 N–H and O–H groups in total. The van der Waals surface area contributed by atoms with E-state index in [0.717, 1.165) is 12.8 Å². The van der Waals surface area contributed by atoms with Gasteiger partial charge in [-0.05, 0) is 37.1 Å². The minimum absolute atomic E-state index is 0.0753. The second kappa shape index (κ2) is 7.65. The van der Waals surface area contributed by atoms with Crippen LogP contribution in [0.15, 0.2) is 53.0 Å². The third-order valence-corrected chi connectivity index (χ3v) is 4.83. The molecule has 1 aliphatic rings. The van der Waals surface area contributed by atoms with Gasteiger partial charge in [-0.3, -0.25) is 14.9 Å². The van der Waals surface area contributed by atoms with Crippen molar-refractivity contribution in [3.63, 3.8) is 0 Å². The summed E-state index contributed by atoms with van der Waals surface area (Å²) in [5.74, 6) is -0.0753. The highest BCUT2D eigenvalue weighted by Gasteiger charge is 2.25. The monoisotopic (exact) mass is 403 g/mol. The van der Waals surface area contributed by atoms with Crippen LogP contribution in [0.25, 0.3) is 0 Å². The molecular weight excluding hydrogens is 386 g/mol. The number of benzene rings is 2. The lowest BCUT2D eigenvalue weighted by Crippen LogP contribution is -2.44. The summed E-state index contributed by atoms with van der Waals surface area (Å²) in [6.45, 7) is 1.34. The molecule has 2 aromatic carbocycles. The summed E-state index contributed by atoms with van der Waals surface area (Å²) in [5.41, 5.74) is 1.37. The smallest absolute Gasteiger partial charge is 0.293 e. The predicted molar refractivity (Wildman–Crippen MR) is 99.9 cm³/mol. The lowest BCUT2D eigenvalue weighted by Gasteiger charge is -2.33. The van der Waals surface area contributed by atoms with Gasteiger partial charge in [0.2, 0.25) is 0 Å². The van der Waals surface area contributed by atoms with Gasteiger partial charge in [-0.2, -0.15) is 0 Å². The molecule has 0 bridgehead atoms. The van der Waals surface area contributed by atoms with Gasteiger partial charge < -0.3 is 10.2 Å². The van der Waals surface area contributed by atoms with Crippen molar-refractivity contribution in [1.29, 1.82) is 0 Å². The molecule has 25 heavy (non-hydrogen) atoms. The first kappa shape index (κ1) is 17.4. The normalized spacial score (nSPS) is 15.0. The topological polar surface area (TPSA) is 75.5 Å². The number of nitrogens with one attached hydrogen (secondary N) is 1. The standard InChI is InChI=1S/C18H18BrN3O3/c19-14-6-7-16(17(12-14)22(24)25)21-10-8-15(9-11-21)20-18(23)13-4-2-1-3-5-13/h1-7,12,15H,8-11H2,(H,20,23). The van der Waals surface area contributed by atoms with Crippen molar-refractivity contribution in [3.05, 3.63) is 68.7 Å². The summed E-state index contributed by atoms with van der Waals surface area (Å²) in [5, 5.41) is 14.3. The molecule has 130 valence electrons. The van der Waals surface area contributed by atoms with Crippen LogP contribution >= 0.6 is 15.9 Å². The second-order valence-electron chi connectivity index (χ2n) is 5.99. The number of carbonyl (C=O) groups excluding carboxylic acids is 1. The second-order valence-corrected chi connectivity index (χ2v) is 6.91. The van der Waals surface area contributed by atoms with Crippen LogP contribution in [0.5, 0.6) is 0 Å². The van der Waals surface area contributed by atoms with Crippen molar-refractivity contribution in [1.82, 2.24) is 5.32 Å². The summed E-state index contributed by atoms with van der Waals surface area (Å²) in [7, 11) is 0. The highest BCUT2D eigenvalue weighted by atomic mass is 79.9. The number of piperidine rings is 1. The average molecular weight is 404 g/mol. The molecule has 7 heteroatoms. The zero-order valence-corrected chi connectivity index (χ0v) is 15.1. The first-order valence-corrected chi connectivity index (χ1v) is 8.88. The minimum atomic E-state index is -0.358. The van der Waals surface area contributed by atoms with E-state index in [4.69, 9.17) is 0 Å². The Hall–Kier alpha value is -2.41. The van der Waals surface area contributed by atoms with Crippen LogP contribution in [0.1, 0.15) is 23.2 Å². The van der Waals surface area contributed by atoms with E-state index in [1.807, 2.05) is 29.2 Å². The molecular formula is C18H18BrN3O3. The Morgan fingerprint density at radius 3 is 2.48 bits per heavy atom. The predicted octanol–water partition coefficient (Wildman–Crippen LogP) is 3.76. The Bertz CT molecular complexity index is 774. The fourth-order valence-corrected chi connectivity index (χ4v) is 3.38. The van der Waals surface area contributed by atoms with Crippen LogP contribution in [-0.4, -0.2) is 30.0 Å². The zero-order chi connectivity index (χ0) is 17.8. The largest absolute Gasteiger partial charge is 0.366 e. The number of hydrogen-bond donors (Lipinski definition) is 1. The van der Waals surface area contributed by atoms with Gasteiger partial charge in [0.15, 0.2) is 0 Å². The van der Waals surface area contributed by atoms with E-state index in [1.54, 1.807) is 18.2 Å². The molecule has 1 aliphatic heterocycles. The van der Waals surface area contributed by atoms with E-state index in [-0.39, 0.29) is 22.6 Å². The Kier molecular flexibility index (Phi) is 5.33. The van der Waals surface area contributed by atoms with Crippen LogP contribution in [-0.2, 0) is 0 Å². The van der Waals surface area contributed by atoms with E-state index < -0.39 is 0 Å². The van der Waals surface area contributed by atoms with Crippen LogP contribution in [0.2, 0.25) is 0 Å². The third kappa shape index (κ3) is 4.17. The Morgan fingerprint density at radius 1 is 1.16 bits per heavy atom. The highest BCUT2D eigenvalue weighted by Crippen LogP contribution is 2.32. The summed E-state index contributed by atoms with van der Waals surface area (Å²) in [6, 6.07) is 14.3. The number of carbonyl (C=O) groups is 1. The van der Waals surface area contributed by atoms with Crippen molar-refractivity contribution in [3.8, 4) is 0 Å². The van der Waals surface area contributed by atoms with Crippen molar-refractivity contribution in [2.75, 3.05) is 18.0 Å². The number of amides is 1. The van der Waals surface area contributed by atoms with E-state index in [1.165, 1.54) is 6.07 Å². The maximum atomic E-state index is 12.2. The molecule has 1 fully saturated rings. The number of nitro benzene ring substituents is 1. The molecule has 0 atom stereocenters. The lowest BCUT2D eigenvalue weighted by molar-refractivity contribution is -0.384. The molecule has 2 aromatic rings. The van der Waals surface area contributed by atoms with Gasteiger partial charge in [-0.25, -0.2) is 0 Å². The fourth-order valence-electron chi connectivity index (χ4n) is 3.03. The van der Waals surface area contributed by atoms with Gasteiger partial charge in [0, 0.05) is 35.2 Å². The lowest BCUT2D eigenvalue weighted by atomic mass is 10.0. The van der Waals surface area contributed by atoms with Crippen molar-refractivity contribution in [2.24, 2.45) is 0 Å². The van der Waals surface area contributed by atoms with Crippen molar-refractivity contribution < 1.29 is 9.72 Å². The first-order chi connectivity index (χ1) is 12.0. The SMILES string of the molecule is O=C(NC1CCN(c2ccc(Br)cc2[N+](=O)[O-])CC1)c1ccccc1. The molecule has 1 heterocycles. The summed E-state index contributed by atoms with van der Waals surface area (Å²) >= 11 is 3.28. The molecule has 6 nitrogen and oxygen atoms in total. The van der Waals surface area contributed by atoms with Gasteiger partial charge in [0.1, 0.15) is 5.69 Å². The molecule has 1 saturated heterocycles. The van der Waals surface area contributed by atoms with Crippen molar-refractivity contribution >= 4 is 33.2 Å². The number of rotatable bonds is 4. The Morgan fingerprint density at radius 2 is 1.84 bits per heavy atom. The Balaban J connectivity index is 1.63. The molecule has 0 spiro atoms. The number of nitrogens with zero attached hydrogens (tertiary/aromatic N) is 2. The van der Waals surface area contributed by atoms with E-state index in [0.29, 0.717) is 28.8 Å². The molecule has 0 radical (unpaired) electrons. The quantitative estimate of drug-likeness (QED) is 0.622. The molecule has 0 saturated carbocycles. The zero-order valence-electron chi connectivity index (χ0n) is 13.5. The van der Waals surface area contributed by atoms with Crippen LogP contribution in [0, 0.1) is 10.1 Å². The molecule has 3 rings (SSSR count). The summed E-state index contributed by atoms with van der Waals surface area (Å²) < 4.78 is 0.688.